The highest BCUT2D eigenvalue weighted by Crippen LogP contribution is 2.19. The molecule has 1 amide bonds. The molecule has 21 heavy (non-hydrogen) atoms. The molecule has 3 nitrogen and oxygen atoms in total. The summed E-state index contributed by atoms with van der Waals surface area (Å²) in [5.74, 6) is -0.123. The molecule has 0 aliphatic carbocycles. The van der Waals surface area contributed by atoms with Crippen molar-refractivity contribution in [1.82, 2.24) is 10.2 Å². The van der Waals surface area contributed by atoms with Gasteiger partial charge in [-0.3, -0.25) is 4.79 Å². The Morgan fingerprint density at radius 1 is 1.48 bits per heavy atom. The van der Waals surface area contributed by atoms with Gasteiger partial charge in [0.25, 0.3) is 5.91 Å². The number of hydrogen-bond donors (Lipinski definition) is 2. The Balaban J connectivity index is 1.75. The minimum Gasteiger partial charge on any atom is -0.352 e. The summed E-state index contributed by atoms with van der Waals surface area (Å²) in [5.41, 5.74) is 0.496. The smallest absolute Gasteiger partial charge is 0.252 e. The molecule has 2 rings (SSSR count). The van der Waals surface area contributed by atoms with Gasteiger partial charge in [0.05, 0.1) is 10.6 Å². The Hall–Kier alpha value is -0.710. The van der Waals surface area contributed by atoms with Gasteiger partial charge < -0.3 is 10.2 Å². The van der Waals surface area contributed by atoms with Gasteiger partial charge in [-0.15, -0.1) is 12.6 Å². The van der Waals surface area contributed by atoms with Crippen LogP contribution in [-0.4, -0.2) is 36.5 Å². The summed E-state index contributed by atoms with van der Waals surface area (Å²) < 4.78 is 0. The number of hydrogen-bond acceptors (Lipinski definition) is 3. The third-order valence-corrected chi connectivity index (χ3v) is 4.65. The van der Waals surface area contributed by atoms with Crippen molar-refractivity contribution in [2.45, 2.75) is 43.5 Å². The molecule has 1 fully saturated rings. The van der Waals surface area contributed by atoms with Crippen molar-refractivity contribution in [3.63, 3.8) is 0 Å². The van der Waals surface area contributed by atoms with Crippen LogP contribution in [0.3, 0.4) is 0 Å². The monoisotopic (exact) mass is 326 g/mol. The molecule has 1 aliphatic rings. The first kappa shape index (κ1) is 16.7. The topological polar surface area (TPSA) is 32.3 Å². The van der Waals surface area contributed by atoms with Crippen molar-refractivity contribution >= 4 is 30.1 Å². The van der Waals surface area contributed by atoms with Crippen LogP contribution in [0.1, 0.15) is 43.0 Å². The Kier molecular flexibility index (Phi) is 6.40. The van der Waals surface area contributed by atoms with Gasteiger partial charge in [-0.1, -0.05) is 18.0 Å². The fraction of sp³-hybridized carbons (Fsp3) is 0.562. The number of nitrogens with zero attached hydrogens (tertiary/aromatic N) is 1. The van der Waals surface area contributed by atoms with E-state index < -0.39 is 0 Å². The van der Waals surface area contributed by atoms with Crippen LogP contribution in [0.15, 0.2) is 23.1 Å². The van der Waals surface area contributed by atoms with Crippen molar-refractivity contribution in [3.8, 4) is 0 Å². The van der Waals surface area contributed by atoms with E-state index in [0.29, 0.717) is 23.2 Å². The highest BCUT2D eigenvalue weighted by Gasteiger charge is 2.17. The number of thiol groups is 1. The predicted octanol–water partition coefficient (Wildman–Crippen LogP) is 3.62. The fourth-order valence-corrected chi connectivity index (χ4v) is 3.16. The lowest BCUT2D eigenvalue weighted by Gasteiger charge is -2.33. The number of rotatable bonds is 5. The van der Waals surface area contributed by atoms with E-state index in [2.05, 4.69) is 29.8 Å². The average molecular weight is 327 g/mol. The predicted molar refractivity (Wildman–Crippen MR) is 90.5 cm³/mol. The molecule has 1 aliphatic heterocycles. The Bertz CT molecular complexity index is 495. The van der Waals surface area contributed by atoms with E-state index in [-0.39, 0.29) is 5.91 Å². The van der Waals surface area contributed by atoms with E-state index in [1.54, 1.807) is 18.2 Å². The van der Waals surface area contributed by atoms with Gasteiger partial charge in [0, 0.05) is 24.0 Å². The highest BCUT2D eigenvalue weighted by atomic mass is 35.5. The molecule has 1 unspecified atom stereocenters. The number of amides is 1. The van der Waals surface area contributed by atoms with Gasteiger partial charge in [0.15, 0.2) is 0 Å². The Labute approximate surface area is 137 Å². The molecule has 0 saturated carbocycles. The van der Waals surface area contributed by atoms with Crippen molar-refractivity contribution in [1.29, 1.82) is 0 Å². The summed E-state index contributed by atoms with van der Waals surface area (Å²) in [4.78, 5) is 15.3. The molecule has 5 heteroatoms. The summed E-state index contributed by atoms with van der Waals surface area (Å²) in [6.07, 6.45) is 4.89. The van der Waals surface area contributed by atoms with E-state index in [0.717, 1.165) is 17.9 Å². The maximum Gasteiger partial charge on any atom is 0.252 e. The zero-order chi connectivity index (χ0) is 15.2. The molecule has 1 heterocycles. The summed E-state index contributed by atoms with van der Waals surface area (Å²) in [6.45, 7) is 5.19. The average Bonchev–Trinajstić information content (AvgIpc) is 2.47. The molecule has 0 bridgehead atoms. The Morgan fingerprint density at radius 3 is 3.05 bits per heavy atom. The SMILES string of the molecule is CC1CCCCN1CCCNC(=O)c1cc(S)ccc1Cl. The standard InChI is InChI=1S/C16H23ClN2OS/c1-12-5-2-3-9-19(12)10-4-8-18-16(20)14-11-13(21)6-7-15(14)17/h6-7,11-12,21H,2-5,8-10H2,1H3,(H,18,20). The molecular formula is C16H23ClN2OS. The number of benzene rings is 1. The molecular weight excluding hydrogens is 304 g/mol. The van der Waals surface area contributed by atoms with Crippen molar-refractivity contribution in [3.05, 3.63) is 28.8 Å². The molecule has 0 radical (unpaired) electrons. The van der Waals surface area contributed by atoms with Gasteiger partial charge >= 0.3 is 0 Å². The molecule has 1 aromatic carbocycles. The van der Waals surface area contributed by atoms with Crippen LogP contribution >= 0.6 is 24.2 Å². The van der Waals surface area contributed by atoms with E-state index >= 15 is 0 Å². The number of likely N-dealkylation sites (tertiary alicyclic amines) is 1. The first-order valence-corrected chi connectivity index (χ1v) is 8.41. The highest BCUT2D eigenvalue weighted by molar-refractivity contribution is 7.80. The van der Waals surface area contributed by atoms with Crippen LogP contribution < -0.4 is 5.32 Å². The number of carbonyl (C=O) groups is 1. The maximum atomic E-state index is 12.1. The van der Waals surface area contributed by atoms with Gasteiger partial charge in [0.2, 0.25) is 0 Å². The summed E-state index contributed by atoms with van der Waals surface area (Å²) in [6, 6.07) is 5.85. The summed E-state index contributed by atoms with van der Waals surface area (Å²) in [7, 11) is 0. The quantitative estimate of drug-likeness (QED) is 0.640. The van der Waals surface area contributed by atoms with Crippen LogP contribution in [0, 0.1) is 0 Å². The summed E-state index contributed by atoms with van der Waals surface area (Å²) >= 11 is 10.3. The van der Waals surface area contributed by atoms with Crippen molar-refractivity contribution in [2.75, 3.05) is 19.6 Å². The molecule has 1 saturated heterocycles. The number of halogens is 1. The van der Waals surface area contributed by atoms with Gasteiger partial charge in [0.1, 0.15) is 0 Å². The molecule has 0 aromatic heterocycles. The maximum absolute atomic E-state index is 12.1. The van der Waals surface area contributed by atoms with E-state index in [9.17, 15) is 4.79 Å². The lowest BCUT2D eigenvalue weighted by molar-refractivity contribution is 0.0949. The molecule has 1 N–H and O–H groups in total. The van der Waals surface area contributed by atoms with Crippen LogP contribution in [-0.2, 0) is 0 Å². The van der Waals surface area contributed by atoms with Gasteiger partial charge in [-0.05, 0) is 50.9 Å². The number of piperidine rings is 1. The third-order valence-electron chi connectivity index (χ3n) is 4.04. The first-order chi connectivity index (χ1) is 10.1. The van der Waals surface area contributed by atoms with Crippen LogP contribution in [0.25, 0.3) is 0 Å². The summed E-state index contributed by atoms with van der Waals surface area (Å²) in [5, 5.41) is 3.40. The second-order valence-electron chi connectivity index (χ2n) is 5.65. The second kappa shape index (κ2) is 8.06. The zero-order valence-electron chi connectivity index (χ0n) is 12.4. The van der Waals surface area contributed by atoms with Crippen LogP contribution in [0.4, 0.5) is 0 Å². The molecule has 1 aromatic rings. The van der Waals surface area contributed by atoms with Crippen molar-refractivity contribution in [2.24, 2.45) is 0 Å². The molecule has 0 spiro atoms. The van der Waals surface area contributed by atoms with Gasteiger partial charge in [-0.2, -0.15) is 0 Å². The third kappa shape index (κ3) is 4.90. The minimum atomic E-state index is -0.123. The zero-order valence-corrected chi connectivity index (χ0v) is 14.1. The normalized spacial score (nSPS) is 19.5. The minimum absolute atomic E-state index is 0.123. The Morgan fingerprint density at radius 2 is 2.29 bits per heavy atom. The van der Waals surface area contributed by atoms with Crippen molar-refractivity contribution < 1.29 is 4.79 Å². The number of nitrogens with one attached hydrogen (secondary N) is 1. The van der Waals surface area contributed by atoms with E-state index in [1.807, 2.05) is 0 Å². The molecule has 1 atom stereocenters. The van der Waals surface area contributed by atoms with Crippen LogP contribution in [0.2, 0.25) is 5.02 Å². The van der Waals surface area contributed by atoms with Gasteiger partial charge in [-0.25, -0.2) is 0 Å². The van der Waals surface area contributed by atoms with E-state index in [4.69, 9.17) is 11.6 Å². The largest absolute Gasteiger partial charge is 0.352 e. The van der Waals surface area contributed by atoms with E-state index in [1.165, 1.54) is 25.8 Å². The fourth-order valence-electron chi connectivity index (χ4n) is 2.76. The number of carbonyl (C=O) groups excluding carboxylic acids is 1. The molecule has 116 valence electrons. The first-order valence-electron chi connectivity index (χ1n) is 7.58. The second-order valence-corrected chi connectivity index (χ2v) is 6.58. The van der Waals surface area contributed by atoms with Crippen LogP contribution in [0.5, 0.6) is 0 Å². The lowest BCUT2D eigenvalue weighted by atomic mass is 10.0. The lowest BCUT2D eigenvalue weighted by Crippen LogP contribution is -2.39.